The number of carbonyl (C=O) groups is 1. The monoisotopic (exact) mass is 447 g/mol. The standard InChI is InChI=1S/C21H26ClN5O2S/c1-4-5-6-7-12-27-19(16-8-10-17(22)11-9-16)24-25-21(27)30-15(3)20(28)23-18-13-14(2)26-29-18/h8-11,13,15H,4-7,12H2,1-3H3,(H,23,28). The van der Waals surface area contributed by atoms with E-state index in [2.05, 4.69) is 32.2 Å². The summed E-state index contributed by atoms with van der Waals surface area (Å²) in [4.78, 5) is 12.6. The SMILES string of the molecule is CCCCCCn1c(SC(C)C(=O)Nc2cc(C)no2)nnc1-c1ccc(Cl)cc1. The van der Waals surface area contributed by atoms with E-state index in [1.807, 2.05) is 31.2 Å². The Hall–Kier alpha value is -2.32. The molecule has 160 valence electrons. The van der Waals surface area contributed by atoms with Gasteiger partial charge in [0.2, 0.25) is 11.8 Å². The summed E-state index contributed by atoms with van der Waals surface area (Å²) in [6.45, 7) is 6.62. The summed E-state index contributed by atoms with van der Waals surface area (Å²) in [7, 11) is 0. The maximum absolute atomic E-state index is 12.6. The molecular weight excluding hydrogens is 422 g/mol. The Bertz CT molecular complexity index is 970. The van der Waals surface area contributed by atoms with Crippen LogP contribution in [0.15, 0.2) is 40.0 Å². The zero-order valence-electron chi connectivity index (χ0n) is 17.4. The molecule has 1 atom stereocenters. The number of hydrogen-bond donors (Lipinski definition) is 1. The molecule has 7 nitrogen and oxygen atoms in total. The van der Waals surface area contributed by atoms with Crippen LogP contribution in [0.2, 0.25) is 5.02 Å². The molecule has 2 heterocycles. The highest BCUT2D eigenvalue weighted by molar-refractivity contribution is 8.00. The molecule has 0 bridgehead atoms. The summed E-state index contributed by atoms with van der Waals surface area (Å²) in [5, 5.41) is 16.3. The lowest BCUT2D eigenvalue weighted by Gasteiger charge is -2.13. The maximum Gasteiger partial charge on any atom is 0.240 e. The van der Waals surface area contributed by atoms with Crippen LogP contribution in [0.1, 0.15) is 45.2 Å². The number of amides is 1. The molecule has 0 aliphatic rings. The number of carbonyl (C=O) groups excluding carboxylic acids is 1. The smallest absolute Gasteiger partial charge is 0.240 e. The van der Waals surface area contributed by atoms with Gasteiger partial charge in [-0.05, 0) is 44.5 Å². The Morgan fingerprint density at radius 2 is 2.00 bits per heavy atom. The first-order chi connectivity index (χ1) is 14.5. The number of halogens is 1. The number of hydrogen-bond acceptors (Lipinski definition) is 6. The Balaban J connectivity index is 1.76. The van der Waals surface area contributed by atoms with Crippen molar-refractivity contribution in [2.75, 3.05) is 5.32 Å². The molecule has 1 amide bonds. The van der Waals surface area contributed by atoms with Crippen molar-refractivity contribution in [3.05, 3.63) is 41.0 Å². The normalized spacial score (nSPS) is 12.1. The lowest BCUT2D eigenvalue weighted by atomic mass is 10.2. The summed E-state index contributed by atoms with van der Waals surface area (Å²) in [5.41, 5.74) is 1.66. The van der Waals surface area contributed by atoms with Crippen molar-refractivity contribution in [2.45, 2.75) is 63.4 Å². The minimum absolute atomic E-state index is 0.176. The first-order valence-corrected chi connectivity index (χ1v) is 11.3. The topological polar surface area (TPSA) is 85.8 Å². The van der Waals surface area contributed by atoms with Crippen LogP contribution in [0.5, 0.6) is 0 Å². The molecule has 0 saturated carbocycles. The molecule has 3 rings (SSSR count). The number of anilines is 1. The van der Waals surface area contributed by atoms with Crippen molar-refractivity contribution in [1.29, 1.82) is 0 Å². The van der Waals surface area contributed by atoms with Gasteiger partial charge in [-0.25, -0.2) is 0 Å². The van der Waals surface area contributed by atoms with Crippen molar-refractivity contribution >= 4 is 35.2 Å². The highest BCUT2D eigenvalue weighted by Crippen LogP contribution is 2.28. The third-order valence-electron chi connectivity index (χ3n) is 4.58. The van der Waals surface area contributed by atoms with Gasteiger partial charge in [-0.3, -0.25) is 10.1 Å². The second-order valence-electron chi connectivity index (χ2n) is 7.11. The van der Waals surface area contributed by atoms with Crippen LogP contribution in [0.4, 0.5) is 5.88 Å². The van der Waals surface area contributed by atoms with Crippen molar-refractivity contribution in [1.82, 2.24) is 19.9 Å². The number of aryl methyl sites for hydroxylation is 1. The van der Waals surface area contributed by atoms with Crippen molar-refractivity contribution in [2.24, 2.45) is 0 Å². The molecule has 30 heavy (non-hydrogen) atoms. The summed E-state index contributed by atoms with van der Waals surface area (Å²) < 4.78 is 7.16. The Morgan fingerprint density at radius 3 is 2.67 bits per heavy atom. The van der Waals surface area contributed by atoms with Crippen LogP contribution in [0.3, 0.4) is 0 Å². The third kappa shape index (κ3) is 5.86. The first kappa shape index (κ1) is 22.4. The fourth-order valence-corrected chi connectivity index (χ4v) is 3.94. The third-order valence-corrected chi connectivity index (χ3v) is 5.91. The molecule has 0 aliphatic heterocycles. The lowest BCUT2D eigenvalue weighted by Crippen LogP contribution is -2.22. The average Bonchev–Trinajstić information content (AvgIpc) is 3.32. The molecule has 0 saturated heterocycles. The molecular formula is C21H26ClN5O2S. The van der Waals surface area contributed by atoms with Gasteiger partial charge in [-0.2, -0.15) is 0 Å². The molecule has 0 radical (unpaired) electrons. The number of unbranched alkanes of at least 4 members (excludes halogenated alkanes) is 3. The van der Waals surface area contributed by atoms with E-state index in [0.717, 1.165) is 30.8 Å². The van der Waals surface area contributed by atoms with E-state index in [1.54, 1.807) is 13.0 Å². The van der Waals surface area contributed by atoms with Crippen LogP contribution < -0.4 is 5.32 Å². The van der Waals surface area contributed by atoms with Gasteiger partial charge in [0.25, 0.3) is 0 Å². The molecule has 9 heteroatoms. The van der Waals surface area contributed by atoms with Gasteiger partial charge in [0.15, 0.2) is 11.0 Å². The van der Waals surface area contributed by atoms with E-state index in [0.29, 0.717) is 21.8 Å². The Morgan fingerprint density at radius 1 is 1.23 bits per heavy atom. The highest BCUT2D eigenvalue weighted by atomic mass is 35.5. The van der Waals surface area contributed by atoms with Gasteiger partial charge in [-0.15, -0.1) is 10.2 Å². The number of nitrogens with one attached hydrogen (secondary N) is 1. The molecule has 1 aromatic carbocycles. The average molecular weight is 448 g/mol. The summed E-state index contributed by atoms with van der Waals surface area (Å²) >= 11 is 7.41. The predicted molar refractivity (Wildman–Crippen MR) is 120 cm³/mol. The highest BCUT2D eigenvalue weighted by Gasteiger charge is 2.21. The van der Waals surface area contributed by atoms with E-state index >= 15 is 0 Å². The van der Waals surface area contributed by atoms with Crippen LogP contribution in [0.25, 0.3) is 11.4 Å². The molecule has 0 spiro atoms. The van der Waals surface area contributed by atoms with E-state index < -0.39 is 0 Å². The molecule has 1 N–H and O–H groups in total. The lowest BCUT2D eigenvalue weighted by molar-refractivity contribution is -0.115. The molecule has 3 aromatic rings. The van der Waals surface area contributed by atoms with Crippen molar-refractivity contribution in [3.8, 4) is 11.4 Å². The predicted octanol–water partition coefficient (Wildman–Crippen LogP) is 5.59. The van der Waals surface area contributed by atoms with Crippen molar-refractivity contribution < 1.29 is 9.32 Å². The van der Waals surface area contributed by atoms with Gasteiger partial charge < -0.3 is 9.09 Å². The van der Waals surface area contributed by atoms with E-state index in [-0.39, 0.29) is 11.2 Å². The van der Waals surface area contributed by atoms with E-state index in [4.69, 9.17) is 16.1 Å². The van der Waals surface area contributed by atoms with Crippen molar-refractivity contribution in [3.63, 3.8) is 0 Å². The van der Waals surface area contributed by atoms with Gasteiger partial charge in [0.05, 0.1) is 10.9 Å². The first-order valence-electron chi connectivity index (χ1n) is 10.1. The summed E-state index contributed by atoms with van der Waals surface area (Å²) in [5.74, 6) is 0.946. The van der Waals surface area contributed by atoms with Crippen LogP contribution in [-0.2, 0) is 11.3 Å². The fraction of sp³-hybridized carbons (Fsp3) is 0.429. The van der Waals surface area contributed by atoms with E-state index in [9.17, 15) is 4.79 Å². The van der Waals surface area contributed by atoms with Crippen LogP contribution in [-0.4, -0.2) is 31.1 Å². The van der Waals surface area contributed by atoms with E-state index in [1.165, 1.54) is 24.6 Å². The molecule has 0 fully saturated rings. The number of rotatable bonds is 10. The number of benzene rings is 1. The molecule has 2 aromatic heterocycles. The minimum Gasteiger partial charge on any atom is -0.338 e. The fourth-order valence-electron chi connectivity index (χ4n) is 2.94. The Kier molecular flexibility index (Phi) is 7.93. The second-order valence-corrected chi connectivity index (χ2v) is 8.85. The van der Waals surface area contributed by atoms with Crippen LogP contribution >= 0.6 is 23.4 Å². The van der Waals surface area contributed by atoms with Gasteiger partial charge >= 0.3 is 0 Å². The summed E-state index contributed by atoms with van der Waals surface area (Å²) in [6, 6.07) is 9.24. The maximum atomic E-state index is 12.6. The number of thioether (sulfide) groups is 1. The quantitative estimate of drug-likeness (QED) is 0.322. The van der Waals surface area contributed by atoms with Gasteiger partial charge in [0, 0.05) is 23.2 Å². The summed E-state index contributed by atoms with van der Waals surface area (Å²) in [6.07, 6.45) is 4.53. The number of nitrogens with zero attached hydrogens (tertiary/aromatic N) is 4. The Labute approximate surface area is 185 Å². The van der Waals surface area contributed by atoms with Crippen LogP contribution in [0, 0.1) is 6.92 Å². The molecule has 0 aliphatic carbocycles. The van der Waals surface area contributed by atoms with Gasteiger partial charge in [-0.1, -0.05) is 54.7 Å². The van der Waals surface area contributed by atoms with Gasteiger partial charge in [0.1, 0.15) is 0 Å². The number of aromatic nitrogens is 4. The second kappa shape index (κ2) is 10.6. The minimum atomic E-state index is -0.382. The molecule has 1 unspecified atom stereocenters. The zero-order valence-corrected chi connectivity index (χ0v) is 19.0. The largest absolute Gasteiger partial charge is 0.338 e. The zero-order chi connectivity index (χ0) is 21.5.